The maximum atomic E-state index is 10.3. The number of rotatable bonds is 2. The zero-order chi connectivity index (χ0) is 9.23. The van der Waals surface area contributed by atoms with Crippen LogP contribution in [0.15, 0.2) is 0 Å². The summed E-state index contributed by atoms with van der Waals surface area (Å²) < 4.78 is -0.672. The van der Waals surface area contributed by atoms with Crippen LogP contribution in [0.25, 0.3) is 0 Å². The lowest BCUT2D eigenvalue weighted by Crippen LogP contribution is -2.32. The van der Waals surface area contributed by atoms with E-state index in [1.165, 1.54) is 0 Å². The molecule has 66 valence electrons. The maximum Gasteiger partial charge on any atom is 0.281 e. The van der Waals surface area contributed by atoms with Crippen LogP contribution in [-0.4, -0.2) is 16.8 Å². The molecule has 0 N–H and O–H groups in total. The van der Waals surface area contributed by atoms with E-state index in [-0.39, 0.29) is 0 Å². The van der Waals surface area contributed by atoms with Gasteiger partial charge < -0.3 is 0 Å². The molecule has 0 saturated heterocycles. The Morgan fingerprint density at radius 2 is 1.64 bits per heavy atom. The summed E-state index contributed by atoms with van der Waals surface area (Å²) in [6.45, 7) is 0. The Labute approximate surface area is 105 Å². The van der Waals surface area contributed by atoms with Crippen molar-refractivity contribution in [3.05, 3.63) is 10.1 Å². The SMILES string of the molecule is O=[N+]([O-])C(Br)C(Br)C(Br)(Br)Br. The van der Waals surface area contributed by atoms with E-state index < -0.39 is 16.8 Å². The summed E-state index contributed by atoms with van der Waals surface area (Å²) in [6.07, 6.45) is 0. The van der Waals surface area contributed by atoms with E-state index in [0.717, 1.165) is 0 Å². The molecular weight excluding hydrogens is 482 g/mol. The van der Waals surface area contributed by atoms with Crippen LogP contribution in [0.5, 0.6) is 0 Å². The molecule has 0 aliphatic heterocycles. The Bertz CT molecular complexity index is 156. The largest absolute Gasteiger partial charge is 0.281 e. The van der Waals surface area contributed by atoms with Crippen LogP contribution in [0.2, 0.25) is 0 Å². The minimum Gasteiger partial charge on any atom is -0.263 e. The molecule has 0 aromatic rings. The first-order valence-electron chi connectivity index (χ1n) is 2.25. The zero-order valence-electron chi connectivity index (χ0n) is 4.81. The zero-order valence-corrected chi connectivity index (χ0v) is 12.7. The third kappa shape index (κ3) is 4.54. The second-order valence-electron chi connectivity index (χ2n) is 1.60. The Balaban J connectivity index is 4.25. The number of alkyl halides is 5. The van der Waals surface area contributed by atoms with Gasteiger partial charge in [0.25, 0.3) is 4.95 Å². The maximum absolute atomic E-state index is 10.3. The summed E-state index contributed by atoms with van der Waals surface area (Å²) in [5.74, 6) is 0. The number of halogens is 5. The molecule has 0 heterocycles. The smallest absolute Gasteiger partial charge is 0.263 e. The summed E-state index contributed by atoms with van der Waals surface area (Å²) in [5.41, 5.74) is 0. The van der Waals surface area contributed by atoms with Gasteiger partial charge in [0, 0.05) is 4.92 Å². The number of hydrogen-bond donors (Lipinski definition) is 0. The quantitative estimate of drug-likeness (QED) is 0.261. The molecule has 2 unspecified atom stereocenters. The Morgan fingerprint density at radius 3 is 1.73 bits per heavy atom. The van der Waals surface area contributed by atoms with Gasteiger partial charge in [-0.25, -0.2) is 0 Å². The first-order valence-corrected chi connectivity index (χ1v) is 6.46. The first kappa shape index (κ1) is 12.8. The van der Waals surface area contributed by atoms with Gasteiger partial charge in [-0.15, -0.1) is 0 Å². The number of nitrogens with zero attached hydrogens (tertiary/aromatic N) is 1. The van der Waals surface area contributed by atoms with Crippen molar-refractivity contribution < 1.29 is 4.92 Å². The average molecular weight is 484 g/mol. The average Bonchev–Trinajstić information content (AvgIpc) is 1.82. The van der Waals surface area contributed by atoms with Crippen molar-refractivity contribution in [1.29, 1.82) is 0 Å². The molecule has 2 atom stereocenters. The van der Waals surface area contributed by atoms with E-state index in [0.29, 0.717) is 0 Å². The van der Waals surface area contributed by atoms with E-state index in [1.54, 1.807) is 0 Å². The Hall–Kier alpha value is 1.80. The molecule has 0 aromatic heterocycles. The number of nitro groups is 1. The van der Waals surface area contributed by atoms with Crippen molar-refractivity contribution in [2.75, 3.05) is 0 Å². The predicted molar refractivity (Wildman–Crippen MR) is 61.9 cm³/mol. The van der Waals surface area contributed by atoms with Gasteiger partial charge in [-0.1, -0.05) is 63.7 Å². The van der Waals surface area contributed by atoms with Crippen molar-refractivity contribution in [3.63, 3.8) is 0 Å². The van der Waals surface area contributed by atoms with E-state index >= 15 is 0 Å². The lowest BCUT2D eigenvalue weighted by Gasteiger charge is -2.18. The molecule has 0 fully saturated rings. The lowest BCUT2D eigenvalue weighted by atomic mass is 10.5. The van der Waals surface area contributed by atoms with Crippen molar-refractivity contribution >= 4 is 79.6 Å². The van der Waals surface area contributed by atoms with Gasteiger partial charge in [0.05, 0.1) is 0 Å². The predicted octanol–water partition coefficient (Wildman–Crippen LogP) is 3.59. The van der Waals surface area contributed by atoms with Gasteiger partial charge >= 0.3 is 0 Å². The first-order chi connectivity index (χ1) is 4.76. The summed E-state index contributed by atoms with van der Waals surface area (Å²) in [5, 5.41) is 10.3. The highest BCUT2D eigenvalue weighted by Gasteiger charge is 2.40. The molecule has 8 heteroatoms. The molecule has 0 rings (SSSR count). The molecule has 0 amide bonds. The van der Waals surface area contributed by atoms with Crippen LogP contribution in [0.1, 0.15) is 0 Å². The van der Waals surface area contributed by atoms with Gasteiger partial charge in [-0.2, -0.15) is 0 Å². The van der Waals surface area contributed by atoms with Crippen LogP contribution < -0.4 is 0 Å². The van der Waals surface area contributed by atoms with E-state index in [4.69, 9.17) is 0 Å². The molecule has 0 aliphatic carbocycles. The minimum absolute atomic E-state index is 0.412. The fraction of sp³-hybridized carbons (Fsp3) is 1.00. The van der Waals surface area contributed by atoms with Crippen LogP contribution >= 0.6 is 79.6 Å². The molecule has 0 saturated carbocycles. The molecule has 0 bridgehead atoms. The lowest BCUT2D eigenvalue weighted by molar-refractivity contribution is -0.491. The molecule has 0 radical (unpaired) electrons. The highest BCUT2D eigenvalue weighted by Crippen LogP contribution is 2.43. The fourth-order valence-electron chi connectivity index (χ4n) is 0.263. The molecule has 0 spiro atoms. The van der Waals surface area contributed by atoms with E-state index in [2.05, 4.69) is 79.6 Å². The third-order valence-corrected chi connectivity index (χ3v) is 6.84. The van der Waals surface area contributed by atoms with Crippen molar-refractivity contribution in [3.8, 4) is 0 Å². The van der Waals surface area contributed by atoms with Crippen LogP contribution in [-0.2, 0) is 0 Å². The molecule has 0 aromatic carbocycles. The second-order valence-corrected chi connectivity index (χ2v) is 10.5. The Morgan fingerprint density at radius 1 is 1.27 bits per heavy atom. The molecule has 11 heavy (non-hydrogen) atoms. The summed E-state index contributed by atoms with van der Waals surface area (Å²) in [7, 11) is 0. The van der Waals surface area contributed by atoms with Gasteiger partial charge in [-0.3, -0.25) is 10.1 Å². The highest BCUT2D eigenvalue weighted by molar-refractivity contribution is 9.40. The standard InChI is InChI=1S/C3H2Br5NO2/c4-1(3(6,7)8)2(5)9(10)11/h1-2H. The van der Waals surface area contributed by atoms with Gasteiger partial charge in [0.15, 0.2) is 2.14 Å². The van der Waals surface area contributed by atoms with E-state index in [9.17, 15) is 10.1 Å². The Kier molecular flexibility index (Phi) is 5.67. The summed E-state index contributed by atoms with van der Waals surface area (Å²) >= 11 is 15.5. The summed E-state index contributed by atoms with van der Waals surface area (Å²) in [6, 6.07) is 0. The monoisotopic (exact) mass is 479 g/mol. The number of hydrogen-bond acceptors (Lipinski definition) is 2. The molecular formula is C3H2Br5NO2. The molecule has 0 aliphatic rings. The summed E-state index contributed by atoms with van der Waals surface area (Å²) in [4.78, 5) is 8.55. The van der Waals surface area contributed by atoms with Gasteiger partial charge in [0.1, 0.15) is 4.83 Å². The van der Waals surface area contributed by atoms with Gasteiger partial charge in [0.2, 0.25) is 0 Å². The normalized spacial score (nSPS) is 17.5. The van der Waals surface area contributed by atoms with Crippen LogP contribution in [0, 0.1) is 10.1 Å². The second kappa shape index (κ2) is 4.88. The minimum atomic E-state index is -0.861. The van der Waals surface area contributed by atoms with E-state index in [1.807, 2.05) is 0 Å². The molecule has 3 nitrogen and oxygen atoms in total. The van der Waals surface area contributed by atoms with Crippen LogP contribution in [0.3, 0.4) is 0 Å². The van der Waals surface area contributed by atoms with Crippen molar-refractivity contribution in [2.24, 2.45) is 0 Å². The topological polar surface area (TPSA) is 43.1 Å². The third-order valence-electron chi connectivity index (χ3n) is 0.756. The highest BCUT2D eigenvalue weighted by atomic mass is 80.0. The van der Waals surface area contributed by atoms with Crippen molar-refractivity contribution in [1.82, 2.24) is 0 Å². The van der Waals surface area contributed by atoms with Gasteiger partial charge in [-0.05, 0) is 15.9 Å². The van der Waals surface area contributed by atoms with Crippen LogP contribution in [0.4, 0.5) is 0 Å². The fourth-order valence-corrected chi connectivity index (χ4v) is 2.67. The van der Waals surface area contributed by atoms with Crippen molar-refractivity contribution in [2.45, 2.75) is 11.9 Å².